The van der Waals surface area contributed by atoms with Crippen molar-refractivity contribution in [1.29, 1.82) is 0 Å². The summed E-state index contributed by atoms with van der Waals surface area (Å²) in [6.45, 7) is -2.46. The second kappa shape index (κ2) is 5.35. The predicted molar refractivity (Wildman–Crippen MR) is 48.5 cm³/mol. The Morgan fingerprint density at radius 2 is 1.28 bits per heavy atom. The standard InChI is InChI=1S/C6H3Br2F9O/c7-4(13,6(15,16)17)5(8,14)18-1-3(11,12)2(9)10/h2H,1H2/t4-,5+/m0/s1. The molecule has 0 saturated carbocycles. The number of hydrogen-bond acceptors (Lipinski definition) is 1. The maximum Gasteiger partial charge on any atom is 0.439 e. The lowest BCUT2D eigenvalue weighted by Crippen LogP contribution is -2.52. The van der Waals surface area contributed by atoms with Crippen LogP contribution in [0.5, 0.6) is 0 Å². The van der Waals surface area contributed by atoms with Crippen LogP contribution in [0.2, 0.25) is 0 Å². The van der Waals surface area contributed by atoms with Crippen LogP contribution < -0.4 is 0 Å². The van der Waals surface area contributed by atoms with E-state index in [0.717, 1.165) is 0 Å². The zero-order valence-corrected chi connectivity index (χ0v) is 11.0. The summed E-state index contributed by atoms with van der Waals surface area (Å²) < 4.78 is 104. The summed E-state index contributed by atoms with van der Waals surface area (Å²) in [7, 11) is 0. The monoisotopic (exact) mass is 420 g/mol. The molecule has 0 spiro atoms. The zero-order valence-electron chi connectivity index (χ0n) is 7.85. The smallest absolute Gasteiger partial charge is 0.327 e. The molecule has 2 atom stereocenters. The van der Waals surface area contributed by atoms with Crippen LogP contribution in [0.25, 0.3) is 0 Å². The van der Waals surface area contributed by atoms with Crippen molar-refractivity contribution in [2.75, 3.05) is 6.61 Å². The third-order valence-electron chi connectivity index (χ3n) is 1.49. The van der Waals surface area contributed by atoms with Crippen LogP contribution in [0.1, 0.15) is 0 Å². The molecule has 0 heterocycles. The first-order valence-corrected chi connectivity index (χ1v) is 5.36. The van der Waals surface area contributed by atoms with Gasteiger partial charge >= 0.3 is 27.9 Å². The fraction of sp³-hybridized carbons (Fsp3) is 1.00. The molecule has 0 aliphatic rings. The lowest BCUT2D eigenvalue weighted by Gasteiger charge is -2.32. The molecular formula is C6H3Br2F9O. The van der Waals surface area contributed by atoms with Gasteiger partial charge in [0.15, 0.2) is 0 Å². The highest BCUT2D eigenvalue weighted by Crippen LogP contribution is 2.52. The minimum Gasteiger partial charge on any atom is -0.327 e. The normalized spacial score (nSPS) is 20.7. The Labute approximate surface area is 111 Å². The van der Waals surface area contributed by atoms with Gasteiger partial charge in [0.2, 0.25) is 0 Å². The van der Waals surface area contributed by atoms with E-state index in [1.807, 2.05) is 0 Å². The molecule has 0 aromatic carbocycles. The average molecular weight is 422 g/mol. The molecule has 12 heteroatoms. The van der Waals surface area contributed by atoms with Gasteiger partial charge in [-0.15, -0.1) is 0 Å². The molecule has 0 radical (unpaired) electrons. The van der Waals surface area contributed by atoms with E-state index in [-0.39, 0.29) is 0 Å². The Balaban J connectivity index is 4.88. The first kappa shape index (κ1) is 18.3. The second-order valence-corrected chi connectivity index (χ2v) is 5.05. The number of rotatable bonds is 5. The van der Waals surface area contributed by atoms with Crippen molar-refractivity contribution in [3.8, 4) is 0 Å². The zero-order chi connectivity index (χ0) is 15.0. The van der Waals surface area contributed by atoms with Crippen molar-refractivity contribution in [2.45, 2.75) is 27.9 Å². The maximum atomic E-state index is 13.1. The molecule has 0 aromatic heterocycles. The summed E-state index contributed by atoms with van der Waals surface area (Å²) in [6.07, 6.45) is -10.2. The molecule has 0 unspecified atom stereocenters. The van der Waals surface area contributed by atoms with Gasteiger partial charge in [-0.25, -0.2) is 13.2 Å². The van der Waals surface area contributed by atoms with Gasteiger partial charge in [0.05, 0.1) is 0 Å². The number of hydrogen-bond donors (Lipinski definition) is 0. The molecule has 0 fully saturated rings. The van der Waals surface area contributed by atoms with Gasteiger partial charge in [0, 0.05) is 0 Å². The molecule has 1 nitrogen and oxygen atoms in total. The van der Waals surface area contributed by atoms with E-state index in [1.54, 1.807) is 0 Å². The highest BCUT2D eigenvalue weighted by Gasteiger charge is 2.69. The second-order valence-electron chi connectivity index (χ2n) is 2.94. The molecular weight excluding hydrogens is 419 g/mol. The first-order chi connectivity index (χ1) is 7.65. The molecule has 0 aliphatic carbocycles. The van der Waals surface area contributed by atoms with E-state index in [1.165, 1.54) is 31.9 Å². The van der Waals surface area contributed by atoms with E-state index in [9.17, 15) is 39.5 Å². The number of ether oxygens (including phenoxy) is 1. The Morgan fingerprint density at radius 3 is 1.56 bits per heavy atom. The predicted octanol–water partition coefficient (Wildman–Crippen LogP) is 4.54. The van der Waals surface area contributed by atoms with Crippen LogP contribution >= 0.6 is 31.9 Å². The highest BCUT2D eigenvalue weighted by atomic mass is 79.9. The van der Waals surface area contributed by atoms with Crippen LogP contribution in [0.3, 0.4) is 0 Å². The molecule has 0 bridgehead atoms. The van der Waals surface area contributed by atoms with Crippen LogP contribution in [-0.2, 0) is 4.74 Å². The Bertz CT molecular complexity index is 287. The van der Waals surface area contributed by atoms with Crippen molar-refractivity contribution < 1.29 is 44.3 Å². The summed E-state index contributed by atoms with van der Waals surface area (Å²) in [4.78, 5) is 0. The van der Waals surface area contributed by atoms with Crippen LogP contribution in [0, 0.1) is 0 Å². The molecule has 0 aliphatic heterocycles. The van der Waals surface area contributed by atoms with E-state index in [4.69, 9.17) is 0 Å². The van der Waals surface area contributed by atoms with E-state index in [0.29, 0.717) is 0 Å². The third-order valence-corrected chi connectivity index (χ3v) is 3.75. The topological polar surface area (TPSA) is 9.23 Å². The molecule has 0 saturated heterocycles. The quantitative estimate of drug-likeness (QED) is 0.467. The van der Waals surface area contributed by atoms with E-state index in [2.05, 4.69) is 4.74 Å². The van der Waals surface area contributed by atoms with Crippen molar-refractivity contribution in [3.05, 3.63) is 0 Å². The Morgan fingerprint density at radius 1 is 0.889 bits per heavy atom. The SMILES string of the molecule is FC(F)C(F)(F)CO[C@@](F)(Br)[C@@](F)(Br)C(F)(F)F. The average Bonchev–Trinajstić information content (AvgIpc) is 2.12. The largest absolute Gasteiger partial charge is 0.439 e. The number of alkyl halides is 11. The Hall–Kier alpha value is 0.290. The van der Waals surface area contributed by atoms with Crippen LogP contribution in [-0.4, -0.2) is 34.5 Å². The summed E-state index contributed by atoms with van der Waals surface area (Å²) >= 11 is 2.69. The molecule has 18 heavy (non-hydrogen) atoms. The van der Waals surface area contributed by atoms with Crippen LogP contribution in [0.15, 0.2) is 0 Å². The van der Waals surface area contributed by atoms with E-state index >= 15 is 0 Å². The van der Waals surface area contributed by atoms with Gasteiger partial charge in [-0.3, -0.25) is 0 Å². The van der Waals surface area contributed by atoms with Gasteiger partial charge in [-0.2, -0.15) is 26.3 Å². The molecule has 110 valence electrons. The minimum absolute atomic E-state index is 1.26. The van der Waals surface area contributed by atoms with Crippen LogP contribution in [0.4, 0.5) is 39.5 Å². The highest BCUT2D eigenvalue weighted by molar-refractivity contribution is 9.12. The molecule has 0 amide bonds. The fourth-order valence-electron chi connectivity index (χ4n) is 0.505. The Kier molecular flexibility index (Phi) is 5.43. The lowest BCUT2D eigenvalue weighted by molar-refractivity contribution is -0.277. The van der Waals surface area contributed by atoms with Gasteiger partial charge < -0.3 is 4.74 Å². The summed E-state index contributed by atoms with van der Waals surface area (Å²) in [5.41, 5.74) is 0. The number of halogens is 11. The van der Waals surface area contributed by atoms with Gasteiger partial charge in [-0.1, -0.05) is 0 Å². The molecule has 0 aromatic rings. The summed E-state index contributed by atoms with van der Waals surface area (Å²) in [5.74, 6) is -4.93. The van der Waals surface area contributed by atoms with Gasteiger partial charge in [0.25, 0.3) is 0 Å². The third kappa shape index (κ3) is 3.89. The molecule has 0 N–H and O–H groups in total. The molecule has 0 rings (SSSR count). The summed E-state index contributed by atoms with van der Waals surface area (Å²) in [6, 6.07) is 0. The van der Waals surface area contributed by atoms with Crippen molar-refractivity contribution in [3.63, 3.8) is 0 Å². The van der Waals surface area contributed by atoms with Gasteiger partial charge in [-0.05, 0) is 31.9 Å². The van der Waals surface area contributed by atoms with Gasteiger partial charge in [0.1, 0.15) is 6.61 Å². The minimum atomic E-state index is -5.88. The first-order valence-electron chi connectivity index (χ1n) is 3.77. The van der Waals surface area contributed by atoms with Crippen molar-refractivity contribution in [1.82, 2.24) is 0 Å². The summed E-state index contributed by atoms with van der Waals surface area (Å²) in [5, 5.41) is 0. The van der Waals surface area contributed by atoms with E-state index < -0.39 is 34.5 Å². The fourth-order valence-corrected chi connectivity index (χ4v) is 0.959. The van der Waals surface area contributed by atoms with Crippen molar-refractivity contribution >= 4 is 31.9 Å². The maximum absolute atomic E-state index is 13.1. The lowest BCUT2D eigenvalue weighted by atomic mass is 10.3. The van der Waals surface area contributed by atoms with Crippen molar-refractivity contribution in [2.24, 2.45) is 0 Å².